The van der Waals surface area contributed by atoms with Crippen molar-refractivity contribution in [2.45, 2.75) is 46.6 Å². The van der Waals surface area contributed by atoms with E-state index >= 15 is 0 Å². The largest absolute Gasteiger partial charge is 0.507 e. The molecule has 9 heteroatoms. The zero-order chi connectivity index (χ0) is 28.6. The second-order valence-corrected chi connectivity index (χ2v) is 9.72. The highest BCUT2D eigenvalue weighted by Crippen LogP contribution is 2.43. The van der Waals surface area contributed by atoms with E-state index in [2.05, 4.69) is 18.7 Å². The minimum atomic E-state index is -0.788. The molecule has 2 aromatic rings. The molecule has 0 saturated carbocycles. The molecule has 40 heavy (non-hydrogen) atoms. The molecule has 1 saturated heterocycles. The van der Waals surface area contributed by atoms with Crippen LogP contribution in [0.5, 0.6) is 23.0 Å². The molecule has 0 spiro atoms. The molecule has 2 heterocycles. The van der Waals surface area contributed by atoms with Gasteiger partial charge in [-0.25, -0.2) is 0 Å². The lowest BCUT2D eigenvalue weighted by molar-refractivity contribution is -0.140. The number of ketones is 1. The summed E-state index contributed by atoms with van der Waals surface area (Å²) in [5.41, 5.74) is 1.07. The Hall–Kier alpha value is -3.72. The average molecular weight is 553 g/mol. The summed E-state index contributed by atoms with van der Waals surface area (Å²) in [4.78, 5) is 30.8. The predicted molar refractivity (Wildman–Crippen MR) is 152 cm³/mol. The van der Waals surface area contributed by atoms with Gasteiger partial charge in [0.05, 0.1) is 24.8 Å². The number of amides is 1. The summed E-state index contributed by atoms with van der Waals surface area (Å²) >= 11 is 0. The summed E-state index contributed by atoms with van der Waals surface area (Å²) in [5.74, 6) is 0.573. The number of hydrogen-bond donors (Lipinski definition) is 1. The van der Waals surface area contributed by atoms with Crippen LogP contribution in [0.25, 0.3) is 5.76 Å². The van der Waals surface area contributed by atoms with Crippen LogP contribution in [0.3, 0.4) is 0 Å². The SMILES string of the molecule is CCCOc1ccc(C2/C(=C(/O)c3ccc4c(c3)OCCO4)C(=O)C(=O)N2CCCN(CC)CC)cc1OCC. The fourth-order valence-corrected chi connectivity index (χ4v) is 5.10. The number of benzene rings is 2. The first-order chi connectivity index (χ1) is 19.4. The van der Waals surface area contributed by atoms with Crippen LogP contribution < -0.4 is 18.9 Å². The van der Waals surface area contributed by atoms with E-state index in [1.807, 2.05) is 19.9 Å². The quantitative estimate of drug-likeness (QED) is 0.215. The molecule has 1 fully saturated rings. The fraction of sp³-hybridized carbons (Fsp3) is 0.484. The van der Waals surface area contributed by atoms with Gasteiger partial charge in [0.15, 0.2) is 23.0 Å². The maximum absolute atomic E-state index is 13.5. The second kappa shape index (κ2) is 13.6. The van der Waals surface area contributed by atoms with Crippen molar-refractivity contribution < 1.29 is 33.6 Å². The molecular weight excluding hydrogens is 512 g/mol. The van der Waals surface area contributed by atoms with Crippen molar-refractivity contribution in [1.29, 1.82) is 0 Å². The van der Waals surface area contributed by atoms with E-state index in [-0.39, 0.29) is 11.3 Å². The van der Waals surface area contributed by atoms with Crippen LogP contribution in [0.15, 0.2) is 42.0 Å². The summed E-state index contributed by atoms with van der Waals surface area (Å²) in [7, 11) is 0. The zero-order valence-electron chi connectivity index (χ0n) is 23.9. The Kier molecular flexibility index (Phi) is 9.93. The Morgan fingerprint density at radius 3 is 2.42 bits per heavy atom. The van der Waals surface area contributed by atoms with E-state index in [0.29, 0.717) is 73.5 Å². The van der Waals surface area contributed by atoms with Gasteiger partial charge in [-0.2, -0.15) is 0 Å². The van der Waals surface area contributed by atoms with Crippen molar-refractivity contribution in [3.8, 4) is 23.0 Å². The standard InChI is InChI=1S/C31H40N2O7/c1-5-16-38-23-12-10-21(19-25(23)37-8-4)28-27(29(34)22-11-13-24-26(20-22)40-18-17-39-24)30(35)31(36)33(28)15-9-14-32(6-2)7-3/h10-13,19-20,28,34H,5-9,14-18H2,1-4H3/b29-27-. The first-order valence-electron chi connectivity index (χ1n) is 14.2. The van der Waals surface area contributed by atoms with E-state index in [4.69, 9.17) is 18.9 Å². The maximum atomic E-state index is 13.5. The molecule has 2 aliphatic heterocycles. The third-order valence-corrected chi connectivity index (χ3v) is 7.17. The number of nitrogens with zero attached hydrogens (tertiary/aromatic N) is 2. The van der Waals surface area contributed by atoms with E-state index in [9.17, 15) is 14.7 Å². The van der Waals surface area contributed by atoms with Crippen LogP contribution in [0, 0.1) is 0 Å². The molecule has 1 atom stereocenters. The summed E-state index contributed by atoms with van der Waals surface area (Å²) in [6, 6.07) is 9.66. The molecule has 216 valence electrons. The van der Waals surface area contributed by atoms with Crippen molar-refractivity contribution in [3.05, 3.63) is 53.1 Å². The number of carbonyl (C=O) groups excluding carboxylic acids is 2. The second-order valence-electron chi connectivity index (χ2n) is 9.72. The van der Waals surface area contributed by atoms with Gasteiger partial charge in [0.2, 0.25) is 0 Å². The van der Waals surface area contributed by atoms with Gasteiger partial charge >= 0.3 is 0 Å². The highest BCUT2D eigenvalue weighted by Gasteiger charge is 2.46. The molecule has 2 aromatic carbocycles. The molecule has 0 aliphatic carbocycles. The molecule has 4 rings (SSSR count). The Morgan fingerprint density at radius 2 is 1.73 bits per heavy atom. The Morgan fingerprint density at radius 1 is 0.975 bits per heavy atom. The first kappa shape index (κ1) is 29.3. The van der Waals surface area contributed by atoms with E-state index < -0.39 is 17.7 Å². The minimum Gasteiger partial charge on any atom is -0.507 e. The number of hydrogen-bond acceptors (Lipinski definition) is 8. The molecule has 1 amide bonds. The number of carbonyl (C=O) groups is 2. The topological polar surface area (TPSA) is 97.8 Å². The smallest absolute Gasteiger partial charge is 0.295 e. The van der Waals surface area contributed by atoms with Gasteiger partial charge in [0, 0.05) is 12.1 Å². The zero-order valence-corrected chi connectivity index (χ0v) is 23.9. The van der Waals surface area contributed by atoms with Crippen molar-refractivity contribution in [2.24, 2.45) is 0 Å². The molecule has 2 aliphatic rings. The van der Waals surface area contributed by atoms with Crippen LogP contribution in [0.2, 0.25) is 0 Å². The first-order valence-corrected chi connectivity index (χ1v) is 14.2. The maximum Gasteiger partial charge on any atom is 0.295 e. The highest BCUT2D eigenvalue weighted by atomic mass is 16.6. The van der Waals surface area contributed by atoms with Gasteiger partial charge in [-0.15, -0.1) is 0 Å². The van der Waals surface area contributed by atoms with E-state index in [0.717, 1.165) is 26.1 Å². The van der Waals surface area contributed by atoms with Crippen LogP contribution in [-0.4, -0.2) is 79.2 Å². The number of likely N-dealkylation sites (tertiary alicyclic amines) is 1. The van der Waals surface area contributed by atoms with Crippen molar-refractivity contribution in [2.75, 3.05) is 52.6 Å². The van der Waals surface area contributed by atoms with Crippen molar-refractivity contribution in [3.63, 3.8) is 0 Å². The Bertz CT molecular complexity index is 1240. The predicted octanol–water partition coefficient (Wildman–Crippen LogP) is 4.80. The van der Waals surface area contributed by atoms with Crippen LogP contribution >= 0.6 is 0 Å². The van der Waals surface area contributed by atoms with Crippen molar-refractivity contribution in [1.82, 2.24) is 9.80 Å². The third kappa shape index (κ3) is 6.20. The van der Waals surface area contributed by atoms with Gasteiger partial charge < -0.3 is 33.9 Å². The summed E-state index contributed by atoms with van der Waals surface area (Å²) in [6.45, 7) is 12.9. The molecule has 0 radical (unpaired) electrons. The minimum absolute atomic E-state index is 0.0363. The monoisotopic (exact) mass is 552 g/mol. The molecule has 0 aromatic heterocycles. The van der Waals surface area contributed by atoms with Gasteiger partial charge in [0.1, 0.15) is 19.0 Å². The fourth-order valence-electron chi connectivity index (χ4n) is 5.10. The lowest BCUT2D eigenvalue weighted by Crippen LogP contribution is -2.33. The number of rotatable bonds is 13. The summed E-state index contributed by atoms with van der Waals surface area (Å²) in [6.07, 6.45) is 1.53. The van der Waals surface area contributed by atoms with Gasteiger partial charge in [-0.05, 0) is 75.3 Å². The molecule has 1 unspecified atom stereocenters. The van der Waals surface area contributed by atoms with Gasteiger partial charge in [-0.1, -0.05) is 26.8 Å². The van der Waals surface area contributed by atoms with Gasteiger partial charge in [0.25, 0.3) is 11.7 Å². The van der Waals surface area contributed by atoms with Crippen LogP contribution in [0.1, 0.15) is 57.7 Å². The lowest BCUT2D eigenvalue weighted by atomic mass is 9.94. The Labute approximate surface area is 236 Å². The number of fused-ring (bicyclic) bond motifs is 1. The highest BCUT2D eigenvalue weighted by molar-refractivity contribution is 6.46. The van der Waals surface area contributed by atoms with Crippen LogP contribution in [0.4, 0.5) is 0 Å². The molecule has 0 bridgehead atoms. The van der Waals surface area contributed by atoms with Crippen LogP contribution in [-0.2, 0) is 9.59 Å². The molecular formula is C31H40N2O7. The molecule has 9 nitrogen and oxygen atoms in total. The molecule has 1 N–H and O–H groups in total. The normalized spacial score (nSPS) is 17.9. The number of aliphatic hydroxyl groups is 1. The number of ether oxygens (including phenoxy) is 4. The van der Waals surface area contributed by atoms with Gasteiger partial charge in [-0.3, -0.25) is 9.59 Å². The summed E-state index contributed by atoms with van der Waals surface area (Å²) in [5, 5.41) is 11.5. The Balaban J connectivity index is 1.78. The number of Topliss-reactive ketones (excluding diaryl/α,β-unsaturated/α-hetero) is 1. The van der Waals surface area contributed by atoms with E-state index in [1.165, 1.54) is 0 Å². The number of aliphatic hydroxyl groups excluding tert-OH is 1. The van der Waals surface area contributed by atoms with E-state index in [1.54, 1.807) is 35.2 Å². The third-order valence-electron chi connectivity index (χ3n) is 7.17. The summed E-state index contributed by atoms with van der Waals surface area (Å²) < 4.78 is 23.0. The lowest BCUT2D eigenvalue weighted by Gasteiger charge is -2.27. The van der Waals surface area contributed by atoms with Crippen molar-refractivity contribution >= 4 is 17.4 Å². The average Bonchev–Trinajstić information content (AvgIpc) is 3.23.